The van der Waals surface area contributed by atoms with Crippen LogP contribution in [0.15, 0.2) is 6.33 Å². The Labute approximate surface area is 227 Å². The number of fused-ring (bicyclic) bond motifs is 1. The van der Waals surface area contributed by atoms with Crippen molar-refractivity contribution in [3.05, 3.63) is 6.33 Å². The third-order valence-electron chi connectivity index (χ3n) is 4.61. The molecule has 0 spiro atoms. The first kappa shape index (κ1) is 32.2. The van der Waals surface area contributed by atoms with Crippen LogP contribution in [0, 0.1) is 0 Å². The number of ether oxygens (including phenoxy) is 2. The maximum absolute atomic E-state index is 12.2. The first-order chi connectivity index (χ1) is 18.0. The predicted octanol–water partition coefficient (Wildman–Crippen LogP) is 0.915. The monoisotopic (exact) mass is 656 g/mol. The van der Waals surface area contributed by atoms with E-state index in [4.69, 9.17) is 25.0 Å². The van der Waals surface area contributed by atoms with Gasteiger partial charge in [0.2, 0.25) is 5.95 Å². The van der Waals surface area contributed by atoms with Crippen molar-refractivity contribution >= 4 is 74.9 Å². The Bertz CT molecular complexity index is 1340. The number of nitrogens with zero attached hydrogens (tertiary/aromatic N) is 4. The van der Waals surface area contributed by atoms with Gasteiger partial charge in [-0.3, -0.25) is 14.4 Å². The van der Waals surface area contributed by atoms with Crippen molar-refractivity contribution < 1.29 is 65.8 Å². The lowest BCUT2D eigenvalue weighted by Gasteiger charge is -2.19. The number of anilines is 2. The van der Waals surface area contributed by atoms with Crippen molar-refractivity contribution in [2.24, 2.45) is 0 Å². The van der Waals surface area contributed by atoms with E-state index >= 15 is 0 Å². The topological polar surface area (TPSA) is 297 Å². The number of nitrogens with two attached hydrogens (primary N) is 1. The predicted molar refractivity (Wildman–Crippen MR) is 135 cm³/mol. The molecule has 8 N–H and O–H groups in total. The van der Waals surface area contributed by atoms with E-state index in [9.17, 15) is 33.4 Å². The average Bonchev–Trinajstić information content (AvgIpc) is 3.32. The van der Waals surface area contributed by atoms with E-state index in [1.807, 2.05) is 0 Å². The van der Waals surface area contributed by atoms with Crippen LogP contribution in [-0.2, 0) is 36.3 Å². The Morgan fingerprint density at radius 3 is 2.62 bits per heavy atom. The molecule has 0 bridgehead atoms. The summed E-state index contributed by atoms with van der Waals surface area (Å²) in [6, 6.07) is 0. The van der Waals surface area contributed by atoms with Crippen molar-refractivity contribution in [1.29, 1.82) is 0 Å². The maximum Gasteiger partial charge on any atom is 0.490 e. The van der Waals surface area contributed by atoms with Gasteiger partial charge in [-0.25, -0.2) is 23.5 Å². The molecule has 1 amide bonds. The standard InChI is InChI=1S/C14H23N6O14P3S2/c1-6(4-39-38)31-14(22)18-11-10-12(19-13(15)17-11)20(5-16-10)9-2-7(21)8(32-9)3-30-36(26,27)34-37(28,29)33-35(23,24)25/h5-9,21,38H,2-4H2,1H3,(H,26,27)(H,28,29)(H2,23,24,25)(H3,15,17,18,19,22)/t6?,7?,8-,9-/m1/s1. The number of hydrogen-bond donors (Lipinski definition) is 8. The molecule has 4 unspecified atom stereocenters. The molecule has 20 nitrogen and oxygen atoms in total. The van der Waals surface area contributed by atoms with Gasteiger partial charge in [-0.2, -0.15) is 18.6 Å². The van der Waals surface area contributed by atoms with Crippen LogP contribution in [-0.4, -0.2) is 81.0 Å². The van der Waals surface area contributed by atoms with Gasteiger partial charge in [0.05, 0.1) is 19.0 Å². The van der Waals surface area contributed by atoms with Crippen LogP contribution in [0.3, 0.4) is 0 Å². The molecule has 220 valence electrons. The summed E-state index contributed by atoms with van der Waals surface area (Å²) in [6.45, 7) is 0.789. The minimum Gasteiger partial charge on any atom is -0.445 e. The molecule has 2 aromatic heterocycles. The van der Waals surface area contributed by atoms with Gasteiger partial charge in [-0.05, 0) is 6.92 Å². The molecule has 0 aromatic carbocycles. The Kier molecular flexibility index (Phi) is 10.4. The van der Waals surface area contributed by atoms with Gasteiger partial charge in [0.1, 0.15) is 18.4 Å². The SMILES string of the molecule is CC(CSS)OC(=O)Nc1nc(N)nc2c1ncn2[C@H]1CC(O)[C@@H](COP(=O)(O)OP(=O)(O)OP(=O)(O)O)O1. The Balaban J connectivity index is 1.69. The normalized spacial score (nSPS) is 23.7. The zero-order chi connectivity index (χ0) is 29.2. The number of aliphatic hydroxyl groups excluding tert-OH is 1. The summed E-state index contributed by atoms with van der Waals surface area (Å²) in [4.78, 5) is 60.3. The highest BCUT2D eigenvalue weighted by Gasteiger charge is 2.43. The number of phosphoric ester groups is 1. The Hall–Kier alpha value is -1.35. The van der Waals surface area contributed by atoms with Crippen molar-refractivity contribution in [3.63, 3.8) is 0 Å². The van der Waals surface area contributed by atoms with Crippen molar-refractivity contribution in [1.82, 2.24) is 19.5 Å². The average molecular weight is 656 g/mol. The number of nitrogen functional groups attached to an aromatic ring is 1. The van der Waals surface area contributed by atoms with Crippen LogP contribution in [0.2, 0.25) is 0 Å². The molecule has 0 radical (unpaired) electrons. The largest absolute Gasteiger partial charge is 0.490 e. The highest BCUT2D eigenvalue weighted by Crippen LogP contribution is 2.66. The fourth-order valence-electron chi connectivity index (χ4n) is 3.19. The summed E-state index contributed by atoms with van der Waals surface area (Å²) < 4.78 is 58.0. The molecule has 3 rings (SSSR count). The molecule has 25 heteroatoms. The van der Waals surface area contributed by atoms with E-state index < -0.39 is 60.7 Å². The second-order valence-electron chi connectivity index (χ2n) is 7.71. The number of carbonyl (C=O) groups excluding carboxylic acids is 1. The molecule has 1 aliphatic heterocycles. The summed E-state index contributed by atoms with van der Waals surface area (Å²) in [6.07, 6.45) is -3.76. The molecule has 0 aliphatic carbocycles. The van der Waals surface area contributed by atoms with E-state index in [0.717, 1.165) is 0 Å². The summed E-state index contributed by atoms with van der Waals surface area (Å²) in [5.74, 6) is 0.104. The summed E-state index contributed by atoms with van der Waals surface area (Å²) in [5.41, 5.74) is 5.94. The molecule has 3 heterocycles. The van der Waals surface area contributed by atoms with E-state index in [2.05, 4.69) is 45.1 Å². The van der Waals surface area contributed by atoms with Gasteiger partial charge < -0.3 is 39.9 Å². The fraction of sp³-hybridized carbons (Fsp3) is 0.571. The number of aliphatic hydroxyl groups is 1. The van der Waals surface area contributed by atoms with Crippen LogP contribution in [0.4, 0.5) is 16.6 Å². The van der Waals surface area contributed by atoms with Gasteiger partial charge in [-0.15, -0.1) is 11.7 Å². The number of phosphoric acid groups is 3. The number of imidazole rings is 1. The molecule has 6 atom stereocenters. The third kappa shape index (κ3) is 9.34. The quantitative estimate of drug-likeness (QED) is 0.0894. The summed E-state index contributed by atoms with van der Waals surface area (Å²) in [5, 5.41) is 12.8. The number of thiol groups is 1. The van der Waals surface area contributed by atoms with Gasteiger partial charge >= 0.3 is 29.6 Å². The molecule has 39 heavy (non-hydrogen) atoms. The van der Waals surface area contributed by atoms with E-state index in [1.165, 1.54) is 21.7 Å². The van der Waals surface area contributed by atoms with E-state index in [1.54, 1.807) is 6.92 Å². The van der Waals surface area contributed by atoms with Crippen LogP contribution in [0.5, 0.6) is 0 Å². The number of carbonyl (C=O) groups is 1. The number of amides is 1. The van der Waals surface area contributed by atoms with Crippen LogP contribution in [0.25, 0.3) is 11.2 Å². The zero-order valence-corrected chi connectivity index (χ0v) is 23.9. The van der Waals surface area contributed by atoms with Crippen molar-refractivity contribution in [2.75, 3.05) is 23.4 Å². The Morgan fingerprint density at radius 1 is 1.28 bits per heavy atom. The molecule has 0 saturated carbocycles. The van der Waals surface area contributed by atoms with Crippen LogP contribution < -0.4 is 11.1 Å². The van der Waals surface area contributed by atoms with E-state index in [-0.39, 0.29) is 29.4 Å². The third-order valence-corrected chi connectivity index (χ3v) is 9.48. The molecule has 2 aromatic rings. The van der Waals surface area contributed by atoms with Gasteiger partial charge in [-0.1, -0.05) is 10.8 Å². The van der Waals surface area contributed by atoms with Crippen LogP contribution in [0.1, 0.15) is 19.6 Å². The fourth-order valence-corrected chi connectivity index (χ4v) is 7.12. The van der Waals surface area contributed by atoms with Gasteiger partial charge in [0.15, 0.2) is 17.0 Å². The van der Waals surface area contributed by atoms with E-state index in [0.29, 0.717) is 5.75 Å². The molecule has 1 saturated heterocycles. The summed E-state index contributed by atoms with van der Waals surface area (Å²) >= 11 is 3.99. The smallest absolute Gasteiger partial charge is 0.445 e. The first-order valence-electron chi connectivity index (χ1n) is 10.3. The molecular weight excluding hydrogens is 633 g/mol. The van der Waals surface area contributed by atoms with Crippen LogP contribution >= 0.6 is 45.9 Å². The number of hydrogen-bond acceptors (Lipinski definition) is 16. The number of nitrogens with one attached hydrogen (secondary N) is 1. The molecular formula is C14H23N6O14P3S2. The Morgan fingerprint density at radius 2 is 1.97 bits per heavy atom. The van der Waals surface area contributed by atoms with Gasteiger partial charge in [0.25, 0.3) is 0 Å². The lowest BCUT2D eigenvalue weighted by Crippen LogP contribution is -2.26. The maximum atomic E-state index is 12.2. The number of rotatable bonds is 12. The van der Waals surface area contributed by atoms with Crippen molar-refractivity contribution in [2.45, 2.75) is 37.9 Å². The number of aromatic nitrogens is 4. The summed E-state index contributed by atoms with van der Waals surface area (Å²) in [7, 11) is -15.5. The minimum atomic E-state index is -5.71. The van der Waals surface area contributed by atoms with Gasteiger partial charge in [0, 0.05) is 12.2 Å². The zero-order valence-electron chi connectivity index (χ0n) is 19.5. The second-order valence-corrected chi connectivity index (χ2v) is 13.5. The first-order valence-corrected chi connectivity index (χ1v) is 16.9. The highest BCUT2D eigenvalue weighted by atomic mass is 33.1. The minimum absolute atomic E-state index is 0.0743. The van der Waals surface area contributed by atoms with Crippen molar-refractivity contribution in [3.8, 4) is 0 Å². The highest BCUT2D eigenvalue weighted by molar-refractivity contribution is 8.68. The lowest BCUT2D eigenvalue weighted by molar-refractivity contribution is -0.0423. The molecule has 1 fully saturated rings. The second kappa shape index (κ2) is 12.7. The lowest BCUT2D eigenvalue weighted by atomic mass is 10.2. The molecule has 1 aliphatic rings.